The Hall–Kier alpha value is -3.35. The van der Waals surface area contributed by atoms with Crippen molar-refractivity contribution in [3.05, 3.63) is 69.8 Å². The fraction of sp³-hybridized carbons (Fsp3) is 0.200. The van der Waals surface area contributed by atoms with Gasteiger partial charge in [-0.1, -0.05) is 39.8 Å². The summed E-state index contributed by atoms with van der Waals surface area (Å²) in [5.74, 6) is 1.31. The third-order valence-electron chi connectivity index (χ3n) is 5.27. The van der Waals surface area contributed by atoms with Crippen molar-refractivity contribution in [2.24, 2.45) is 7.05 Å². The quantitative estimate of drug-likeness (QED) is 0.190. The summed E-state index contributed by atoms with van der Waals surface area (Å²) in [5.41, 5.74) is 1.79. The van der Waals surface area contributed by atoms with Crippen molar-refractivity contribution >= 4 is 55.9 Å². The van der Waals surface area contributed by atoms with Gasteiger partial charge < -0.3 is 24.1 Å². The van der Waals surface area contributed by atoms with Gasteiger partial charge in [0.15, 0.2) is 11.0 Å². The maximum absolute atomic E-state index is 12.8. The SMILES string of the molecule is COC(=O)c1c(-c2ccc(OC)cc2)csc1NC(=O)CSc1nnc(COc2ccc(Br)cc2)n1C. The second-order valence-corrected chi connectivity index (χ2v) is 10.3. The van der Waals surface area contributed by atoms with Crippen LogP contribution in [0.15, 0.2) is 63.5 Å². The highest BCUT2D eigenvalue weighted by Gasteiger charge is 2.23. The first-order chi connectivity index (χ1) is 17.9. The summed E-state index contributed by atoms with van der Waals surface area (Å²) in [6, 6.07) is 14.8. The molecule has 12 heteroatoms. The molecule has 4 aromatic rings. The Morgan fingerprint density at radius 2 is 1.76 bits per heavy atom. The van der Waals surface area contributed by atoms with Gasteiger partial charge in [0.25, 0.3) is 0 Å². The minimum atomic E-state index is -0.529. The maximum Gasteiger partial charge on any atom is 0.341 e. The van der Waals surface area contributed by atoms with Crippen LogP contribution in [0.4, 0.5) is 5.00 Å². The van der Waals surface area contributed by atoms with Gasteiger partial charge >= 0.3 is 5.97 Å². The lowest BCUT2D eigenvalue weighted by molar-refractivity contribution is -0.113. The minimum absolute atomic E-state index is 0.0793. The minimum Gasteiger partial charge on any atom is -0.497 e. The third-order valence-corrected chi connectivity index (χ3v) is 7.72. The van der Waals surface area contributed by atoms with E-state index < -0.39 is 5.97 Å². The van der Waals surface area contributed by atoms with Gasteiger partial charge in [0.2, 0.25) is 5.91 Å². The highest BCUT2D eigenvalue weighted by Crippen LogP contribution is 2.37. The molecule has 9 nitrogen and oxygen atoms in total. The molecule has 2 heterocycles. The Kier molecular flexibility index (Phi) is 8.85. The summed E-state index contributed by atoms with van der Waals surface area (Å²) in [5, 5.41) is 14.0. The molecule has 1 amide bonds. The smallest absolute Gasteiger partial charge is 0.341 e. The Labute approximate surface area is 230 Å². The maximum atomic E-state index is 12.8. The Balaban J connectivity index is 1.40. The number of amides is 1. The van der Waals surface area contributed by atoms with E-state index in [1.807, 2.05) is 61.0 Å². The molecule has 0 atom stereocenters. The van der Waals surface area contributed by atoms with E-state index in [0.29, 0.717) is 38.6 Å². The van der Waals surface area contributed by atoms with E-state index in [0.717, 1.165) is 10.0 Å². The zero-order valence-corrected chi connectivity index (χ0v) is 23.4. The van der Waals surface area contributed by atoms with E-state index >= 15 is 0 Å². The van der Waals surface area contributed by atoms with Crippen LogP contribution < -0.4 is 14.8 Å². The predicted octanol–water partition coefficient (Wildman–Crippen LogP) is 5.41. The van der Waals surface area contributed by atoms with E-state index in [2.05, 4.69) is 31.4 Å². The first-order valence-electron chi connectivity index (χ1n) is 10.9. The van der Waals surface area contributed by atoms with Crippen LogP contribution >= 0.6 is 39.0 Å². The van der Waals surface area contributed by atoms with Crippen molar-refractivity contribution in [2.75, 3.05) is 25.3 Å². The molecule has 4 rings (SSSR count). The number of ether oxygens (including phenoxy) is 3. The Morgan fingerprint density at radius 1 is 1.05 bits per heavy atom. The number of thioether (sulfide) groups is 1. The Bertz CT molecular complexity index is 1390. The molecule has 0 aliphatic carbocycles. The third kappa shape index (κ3) is 6.51. The summed E-state index contributed by atoms with van der Waals surface area (Å²) >= 11 is 5.89. The van der Waals surface area contributed by atoms with Crippen LogP contribution in [0, 0.1) is 0 Å². The number of aromatic nitrogens is 3. The second-order valence-electron chi connectivity index (χ2n) is 7.61. The number of halogens is 1. The van der Waals surface area contributed by atoms with E-state index in [1.54, 1.807) is 11.7 Å². The average Bonchev–Trinajstić information content (AvgIpc) is 3.49. The molecule has 0 spiro atoms. The molecule has 0 fully saturated rings. The van der Waals surface area contributed by atoms with Gasteiger partial charge in [-0.3, -0.25) is 4.79 Å². The van der Waals surface area contributed by atoms with Gasteiger partial charge in [-0.25, -0.2) is 4.79 Å². The van der Waals surface area contributed by atoms with Crippen LogP contribution in [-0.2, 0) is 23.2 Å². The largest absolute Gasteiger partial charge is 0.497 e. The number of rotatable bonds is 10. The number of carbonyl (C=O) groups excluding carboxylic acids is 2. The number of hydrogen-bond acceptors (Lipinski definition) is 9. The monoisotopic (exact) mass is 602 g/mol. The van der Waals surface area contributed by atoms with Crippen LogP contribution in [0.25, 0.3) is 11.1 Å². The van der Waals surface area contributed by atoms with E-state index in [1.165, 1.54) is 30.2 Å². The van der Waals surface area contributed by atoms with Crippen LogP contribution in [0.1, 0.15) is 16.2 Å². The molecule has 2 aromatic heterocycles. The Morgan fingerprint density at radius 3 is 2.43 bits per heavy atom. The first kappa shape index (κ1) is 26.7. The van der Waals surface area contributed by atoms with Crippen molar-refractivity contribution in [3.8, 4) is 22.6 Å². The predicted molar refractivity (Wildman–Crippen MR) is 146 cm³/mol. The van der Waals surface area contributed by atoms with Crippen molar-refractivity contribution in [2.45, 2.75) is 11.8 Å². The number of nitrogens with zero attached hydrogens (tertiary/aromatic N) is 3. The van der Waals surface area contributed by atoms with E-state index in [4.69, 9.17) is 14.2 Å². The van der Waals surface area contributed by atoms with Crippen molar-refractivity contribution in [1.29, 1.82) is 0 Å². The lowest BCUT2D eigenvalue weighted by Gasteiger charge is -2.09. The molecule has 0 bridgehead atoms. The van der Waals surface area contributed by atoms with Crippen LogP contribution in [0.2, 0.25) is 0 Å². The van der Waals surface area contributed by atoms with Crippen LogP contribution in [0.5, 0.6) is 11.5 Å². The molecule has 192 valence electrons. The summed E-state index contributed by atoms with van der Waals surface area (Å²) in [6.07, 6.45) is 0. The highest BCUT2D eigenvalue weighted by atomic mass is 79.9. The molecule has 0 unspecified atom stereocenters. The highest BCUT2D eigenvalue weighted by molar-refractivity contribution is 9.10. The second kappa shape index (κ2) is 12.3. The fourth-order valence-electron chi connectivity index (χ4n) is 3.31. The average molecular weight is 604 g/mol. The van der Waals surface area contributed by atoms with Crippen LogP contribution in [0.3, 0.4) is 0 Å². The van der Waals surface area contributed by atoms with Crippen molar-refractivity contribution in [3.63, 3.8) is 0 Å². The summed E-state index contributed by atoms with van der Waals surface area (Å²) < 4.78 is 18.7. The number of hydrogen-bond donors (Lipinski definition) is 1. The zero-order valence-electron chi connectivity index (χ0n) is 20.2. The molecule has 1 N–H and O–H groups in total. The number of carbonyl (C=O) groups is 2. The van der Waals surface area contributed by atoms with Crippen LogP contribution in [-0.4, -0.2) is 46.6 Å². The van der Waals surface area contributed by atoms with Gasteiger partial charge in [0, 0.05) is 22.5 Å². The summed E-state index contributed by atoms with van der Waals surface area (Å²) in [4.78, 5) is 25.3. The summed E-state index contributed by atoms with van der Waals surface area (Å²) in [6.45, 7) is 0.240. The molecular formula is C25H23BrN4O5S2. The normalized spacial score (nSPS) is 10.7. The van der Waals surface area contributed by atoms with Gasteiger partial charge in [0.05, 0.1) is 20.0 Å². The van der Waals surface area contributed by atoms with Gasteiger partial charge in [-0.05, 0) is 42.0 Å². The number of benzene rings is 2. The number of methoxy groups -OCH3 is 2. The van der Waals surface area contributed by atoms with Crippen molar-refractivity contribution in [1.82, 2.24) is 14.8 Å². The standard InChI is InChI=1S/C25H23BrN4O5S2/c1-30-20(12-35-18-10-6-16(26)7-11-18)28-29-25(30)37-14-21(31)27-23-22(24(32)34-3)19(13-36-23)15-4-8-17(33-2)9-5-15/h4-11,13H,12,14H2,1-3H3,(H,27,31). The molecule has 0 saturated carbocycles. The lowest BCUT2D eigenvalue weighted by Crippen LogP contribution is -2.16. The molecule has 0 aliphatic heterocycles. The molecule has 0 saturated heterocycles. The fourth-order valence-corrected chi connectivity index (χ4v) is 5.27. The number of nitrogens with one attached hydrogen (secondary N) is 1. The molecular weight excluding hydrogens is 580 g/mol. The molecule has 0 radical (unpaired) electrons. The number of anilines is 1. The first-order valence-corrected chi connectivity index (χ1v) is 13.6. The molecule has 0 aliphatic rings. The van der Waals surface area contributed by atoms with E-state index in [-0.39, 0.29) is 18.3 Å². The number of esters is 1. The van der Waals surface area contributed by atoms with Crippen molar-refractivity contribution < 1.29 is 23.8 Å². The number of thiophene rings is 1. The zero-order chi connectivity index (χ0) is 26.4. The lowest BCUT2D eigenvalue weighted by atomic mass is 10.0. The molecule has 2 aromatic carbocycles. The van der Waals surface area contributed by atoms with Gasteiger partial charge in [0.1, 0.15) is 28.7 Å². The molecule has 37 heavy (non-hydrogen) atoms. The van der Waals surface area contributed by atoms with E-state index in [9.17, 15) is 9.59 Å². The topological polar surface area (TPSA) is 105 Å². The summed E-state index contributed by atoms with van der Waals surface area (Å²) in [7, 11) is 4.71. The van der Waals surface area contributed by atoms with Gasteiger partial charge in [-0.15, -0.1) is 21.5 Å². The van der Waals surface area contributed by atoms with Gasteiger partial charge in [-0.2, -0.15) is 0 Å².